The Balaban J connectivity index is 2.19. The average molecular weight is 344 g/mol. The number of morpholine rings is 1. The van der Waals surface area contributed by atoms with E-state index >= 15 is 0 Å². The SMILES string of the molecule is CCc1cc(C(=O)N2CC(C)OC(CBr)C2)n(CC)n1. The van der Waals surface area contributed by atoms with Crippen molar-refractivity contribution in [3.05, 3.63) is 17.5 Å². The zero-order chi connectivity index (χ0) is 14.7. The number of rotatable bonds is 4. The van der Waals surface area contributed by atoms with E-state index in [0.717, 1.165) is 17.4 Å². The maximum Gasteiger partial charge on any atom is 0.272 e. The van der Waals surface area contributed by atoms with Gasteiger partial charge in [0.05, 0.1) is 17.9 Å². The van der Waals surface area contributed by atoms with Crippen LogP contribution in [0, 0.1) is 0 Å². The smallest absolute Gasteiger partial charge is 0.272 e. The van der Waals surface area contributed by atoms with Gasteiger partial charge in [-0.3, -0.25) is 9.48 Å². The quantitative estimate of drug-likeness (QED) is 0.786. The van der Waals surface area contributed by atoms with Crippen LogP contribution in [0.15, 0.2) is 6.07 Å². The van der Waals surface area contributed by atoms with E-state index < -0.39 is 0 Å². The monoisotopic (exact) mass is 343 g/mol. The molecule has 0 aliphatic carbocycles. The number of carbonyl (C=O) groups excluding carboxylic acids is 1. The summed E-state index contributed by atoms with van der Waals surface area (Å²) in [5.74, 6) is 0.0557. The minimum Gasteiger partial charge on any atom is -0.371 e. The number of alkyl halides is 1. The van der Waals surface area contributed by atoms with Gasteiger partial charge in [-0.25, -0.2) is 0 Å². The second-order valence-corrected chi connectivity index (χ2v) is 5.77. The molecule has 1 aromatic rings. The van der Waals surface area contributed by atoms with Crippen LogP contribution in [0.1, 0.15) is 37.0 Å². The lowest BCUT2D eigenvalue weighted by atomic mass is 10.2. The van der Waals surface area contributed by atoms with Crippen LogP contribution in [0.3, 0.4) is 0 Å². The Morgan fingerprint density at radius 3 is 2.85 bits per heavy atom. The third-order valence-corrected chi connectivity index (χ3v) is 4.22. The molecule has 5 nitrogen and oxygen atoms in total. The zero-order valence-electron chi connectivity index (χ0n) is 12.3. The molecule has 0 aromatic carbocycles. The van der Waals surface area contributed by atoms with Crippen molar-refractivity contribution in [3.63, 3.8) is 0 Å². The van der Waals surface area contributed by atoms with E-state index in [9.17, 15) is 4.79 Å². The topological polar surface area (TPSA) is 47.4 Å². The van der Waals surface area contributed by atoms with Crippen LogP contribution < -0.4 is 0 Å². The fourth-order valence-electron chi connectivity index (χ4n) is 2.51. The number of aromatic nitrogens is 2. The second-order valence-electron chi connectivity index (χ2n) is 5.12. The second kappa shape index (κ2) is 6.72. The highest BCUT2D eigenvalue weighted by Gasteiger charge is 2.30. The normalized spacial score (nSPS) is 23.1. The molecule has 1 aromatic heterocycles. The van der Waals surface area contributed by atoms with Crippen molar-refractivity contribution >= 4 is 21.8 Å². The minimum absolute atomic E-state index is 0.0557. The van der Waals surface area contributed by atoms with E-state index in [-0.39, 0.29) is 18.1 Å². The Morgan fingerprint density at radius 1 is 1.50 bits per heavy atom. The molecule has 1 amide bonds. The Labute approximate surface area is 128 Å². The highest BCUT2D eigenvalue weighted by atomic mass is 79.9. The zero-order valence-corrected chi connectivity index (χ0v) is 13.9. The highest BCUT2D eigenvalue weighted by Crippen LogP contribution is 2.17. The molecule has 1 aliphatic heterocycles. The van der Waals surface area contributed by atoms with E-state index in [4.69, 9.17) is 4.74 Å². The van der Waals surface area contributed by atoms with Gasteiger partial charge in [0.1, 0.15) is 5.69 Å². The number of amides is 1. The molecule has 2 rings (SSSR count). The van der Waals surface area contributed by atoms with Crippen molar-refractivity contribution in [2.45, 2.75) is 45.9 Å². The minimum atomic E-state index is 0.0557. The molecule has 0 saturated carbocycles. The molecule has 20 heavy (non-hydrogen) atoms. The van der Waals surface area contributed by atoms with Crippen molar-refractivity contribution in [2.24, 2.45) is 0 Å². The van der Waals surface area contributed by atoms with Crippen molar-refractivity contribution < 1.29 is 9.53 Å². The van der Waals surface area contributed by atoms with Crippen molar-refractivity contribution in [3.8, 4) is 0 Å². The summed E-state index contributed by atoms with van der Waals surface area (Å²) in [6.45, 7) is 8.04. The molecule has 0 bridgehead atoms. The van der Waals surface area contributed by atoms with Crippen LogP contribution in [0.5, 0.6) is 0 Å². The number of hydrogen-bond donors (Lipinski definition) is 0. The summed E-state index contributed by atoms with van der Waals surface area (Å²) in [7, 11) is 0. The van der Waals surface area contributed by atoms with Gasteiger partial charge in [-0.05, 0) is 26.3 Å². The first kappa shape index (κ1) is 15.5. The van der Waals surface area contributed by atoms with Crippen LogP contribution in [0.2, 0.25) is 0 Å². The Bertz CT molecular complexity index is 475. The highest BCUT2D eigenvalue weighted by molar-refractivity contribution is 9.09. The maximum atomic E-state index is 12.7. The standard InChI is InChI=1S/C14H22BrN3O2/c1-4-11-6-13(18(5-2)16-11)14(19)17-8-10(3)20-12(7-15)9-17/h6,10,12H,4-5,7-9H2,1-3H3. The van der Waals surface area contributed by atoms with Gasteiger partial charge in [-0.2, -0.15) is 5.10 Å². The summed E-state index contributed by atoms with van der Waals surface area (Å²) >= 11 is 3.43. The van der Waals surface area contributed by atoms with Crippen molar-refractivity contribution in [1.29, 1.82) is 0 Å². The summed E-state index contributed by atoms with van der Waals surface area (Å²) in [5.41, 5.74) is 1.65. The van der Waals surface area contributed by atoms with Gasteiger partial charge in [-0.15, -0.1) is 0 Å². The lowest BCUT2D eigenvalue weighted by molar-refractivity contribution is -0.0562. The molecule has 2 unspecified atom stereocenters. The van der Waals surface area contributed by atoms with E-state index in [0.29, 0.717) is 25.3 Å². The number of nitrogens with zero attached hydrogens (tertiary/aromatic N) is 3. The summed E-state index contributed by atoms with van der Waals surface area (Å²) in [6.07, 6.45) is 0.974. The lowest BCUT2D eigenvalue weighted by Gasteiger charge is -2.36. The van der Waals surface area contributed by atoms with Gasteiger partial charge in [-0.1, -0.05) is 22.9 Å². The predicted molar refractivity (Wildman–Crippen MR) is 81.3 cm³/mol. The Kier molecular flexibility index (Phi) is 5.21. The Morgan fingerprint density at radius 2 is 2.25 bits per heavy atom. The summed E-state index contributed by atoms with van der Waals surface area (Å²) in [5, 5.41) is 5.19. The van der Waals surface area contributed by atoms with Gasteiger partial charge in [0.2, 0.25) is 0 Å². The number of hydrogen-bond acceptors (Lipinski definition) is 3. The molecule has 0 spiro atoms. The Hall–Kier alpha value is -0.880. The van der Waals surface area contributed by atoms with Crippen LogP contribution in [-0.4, -0.2) is 51.2 Å². The molecule has 0 N–H and O–H groups in total. The molecule has 2 heterocycles. The van der Waals surface area contributed by atoms with Gasteiger partial charge >= 0.3 is 0 Å². The molecule has 1 saturated heterocycles. The molecule has 6 heteroatoms. The van der Waals surface area contributed by atoms with Gasteiger partial charge in [0, 0.05) is 25.0 Å². The van der Waals surface area contributed by atoms with Gasteiger partial charge in [0.15, 0.2) is 0 Å². The molecule has 2 atom stereocenters. The number of aryl methyl sites for hydroxylation is 2. The van der Waals surface area contributed by atoms with Crippen molar-refractivity contribution in [1.82, 2.24) is 14.7 Å². The molecular weight excluding hydrogens is 322 g/mol. The first-order chi connectivity index (χ1) is 9.58. The fourth-order valence-corrected chi connectivity index (χ4v) is 2.87. The van der Waals surface area contributed by atoms with Crippen molar-refractivity contribution in [2.75, 3.05) is 18.4 Å². The summed E-state index contributed by atoms with van der Waals surface area (Å²) in [4.78, 5) is 14.6. The van der Waals surface area contributed by atoms with Crippen LogP contribution in [0.4, 0.5) is 0 Å². The summed E-state index contributed by atoms with van der Waals surface area (Å²) in [6, 6.07) is 1.91. The summed E-state index contributed by atoms with van der Waals surface area (Å²) < 4.78 is 7.57. The first-order valence-electron chi connectivity index (χ1n) is 7.16. The third-order valence-electron chi connectivity index (χ3n) is 3.50. The van der Waals surface area contributed by atoms with Gasteiger partial charge in [0.25, 0.3) is 5.91 Å². The molecule has 112 valence electrons. The first-order valence-corrected chi connectivity index (χ1v) is 8.28. The van der Waals surface area contributed by atoms with Crippen LogP contribution in [-0.2, 0) is 17.7 Å². The van der Waals surface area contributed by atoms with E-state index in [2.05, 4.69) is 21.0 Å². The van der Waals surface area contributed by atoms with E-state index in [1.807, 2.05) is 31.7 Å². The molecule has 1 aliphatic rings. The third kappa shape index (κ3) is 3.23. The number of ether oxygens (including phenoxy) is 1. The van der Waals surface area contributed by atoms with Gasteiger partial charge < -0.3 is 9.64 Å². The maximum absolute atomic E-state index is 12.7. The lowest BCUT2D eigenvalue weighted by Crippen LogP contribution is -2.50. The average Bonchev–Trinajstić information content (AvgIpc) is 2.89. The van der Waals surface area contributed by atoms with E-state index in [1.165, 1.54) is 0 Å². The number of carbonyl (C=O) groups is 1. The number of halogens is 1. The molecular formula is C14H22BrN3O2. The van der Waals surface area contributed by atoms with E-state index in [1.54, 1.807) is 4.68 Å². The predicted octanol–water partition coefficient (Wildman–Crippen LogP) is 2.09. The largest absolute Gasteiger partial charge is 0.371 e. The fraction of sp³-hybridized carbons (Fsp3) is 0.714. The molecule has 1 fully saturated rings. The van der Waals surface area contributed by atoms with Crippen LogP contribution >= 0.6 is 15.9 Å². The van der Waals surface area contributed by atoms with Crippen LogP contribution in [0.25, 0.3) is 0 Å². The molecule has 0 radical (unpaired) electrons.